The quantitative estimate of drug-likeness (QED) is 0.327. The Kier molecular flexibility index (Phi) is 9.25. The number of imidazole rings is 1. The topological polar surface area (TPSA) is 58.0 Å². The lowest BCUT2D eigenvalue weighted by molar-refractivity contribution is -0.0541. The number of likely N-dealkylation sites (tertiary alicyclic amines) is 1. The van der Waals surface area contributed by atoms with Gasteiger partial charge >= 0.3 is 0 Å². The van der Waals surface area contributed by atoms with Crippen LogP contribution in [0.25, 0.3) is 0 Å². The van der Waals surface area contributed by atoms with Crippen LogP contribution in [0.5, 0.6) is 17.2 Å². The van der Waals surface area contributed by atoms with E-state index in [1.165, 1.54) is 11.1 Å². The summed E-state index contributed by atoms with van der Waals surface area (Å²) in [5.41, 5.74) is 2.19. The Hall–Kier alpha value is -3.03. The molecule has 1 aromatic heterocycles. The fraction of sp³-hybridized carbons (Fsp3) is 0.483. The number of benzene rings is 2. The van der Waals surface area contributed by atoms with Gasteiger partial charge in [0.25, 0.3) is 0 Å². The van der Waals surface area contributed by atoms with Crippen molar-refractivity contribution in [3.8, 4) is 17.2 Å². The lowest BCUT2D eigenvalue weighted by Crippen LogP contribution is -2.39. The van der Waals surface area contributed by atoms with Crippen LogP contribution in [0.1, 0.15) is 36.8 Å². The molecule has 1 saturated heterocycles. The van der Waals surface area contributed by atoms with E-state index < -0.39 is 0 Å². The largest absolute Gasteiger partial charge is 0.493 e. The number of methoxy groups -OCH3 is 2. The summed E-state index contributed by atoms with van der Waals surface area (Å²) in [6.45, 7) is 7.03. The molecule has 0 N–H and O–H groups in total. The highest BCUT2D eigenvalue weighted by molar-refractivity contribution is 5.43. The van der Waals surface area contributed by atoms with Gasteiger partial charge < -0.3 is 23.5 Å². The lowest BCUT2D eigenvalue weighted by Gasteiger charge is -2.31. The molecule has 194 valence electrons. The Morgan fingerprint density at radius 2 is 1.83 bits per heavy atom. The van der Waals surface area contributed by atoms with Crippen LogP contribution >= 0.6 is 0 Å². The molecule has 4 rings (SSSR count). The van der Waals surface area contributed by atoms with E-state index in [1.807, 2.05) is 37.8 Å². The van der Waals surface area contributed by atoms with Crippen molar-refractivity contribution in [2.75, 3.05) is 40.5 Å². The third-order valence-corrected chi connectivity index (χ3v) is 6.96. The third-order valence-electron chi connectivity index (χ3n) is 6.96. The van der Waals surface area contributed by atoms with Crippen LogP contribution in [0.15, 0.2) is 61.2 Å². The van der Waals surface area contributed by atoms with Gasteiger partial charge in [-0.05, 0) is 69.0 Å². The SMILES string of the molecule is COc1cc(CN2CCC[C@](COc3ccc(C)cc3)(OC)CC2)ccc1OCCCn1ccnc1. The first kappa shape index (κ1) is 26.0. The fourth-order valence-corrected chi connectivity index (χ4v) is 4.67. The van der Waals surface area contributed by atoms with Crippen molar-refractivity contribution < 1.29 is 18.9 Å². The molecule has 0 unspecified atom stereocenters. The molecule has 1 aliphatic heterocycles. The minimum Gasteiger partial charge on any atom is -0.493 e. The van der Waals surface area contributed by atoms with Crippen molar-refractivity contribution >= 4 is 0 Å². The van der Waals surface area contributed by atoms with Gasteiger partial charge in [0.15, 0.2) is 11.5 Å². The summed E-state index contributed by atoms with van der Waals surface area (Å²) in [5, 5.41) is 0. The second-order valence-corrected chi connectivity index (χ2v) is 9.61. The molecule has 36 heavy (non-hydrogen) atoms. The number of ether oxygens (including phenoxy) is 4. The number of hydrogen-bond acceptors (Lipinski definition) is 6. The molecule has 1 atom stereocenters. The van der Waals surface area contributed by atoms with E-state index in [4.69, 9.17) is 18.9 Å². The van der Waals surface area contributed by atoms with Gasteiger partial charge in [0.1, 0.15) is 18.0 Å². The maximum Gasteiger partial charge on any atom is 0.161 e. The maximum atomic E-state index is 6.13. The van der Waals surface area contributed by atoms with Crippen molar-refractivity contribution in [1.29, 1.82) is 0 Å². The summed E-state index contributed by atoms with van der Waals surface area (Å²) < 4.78 is 25.9. The zero-order valence-electron chi connectivity index (χ0n) is 21.8. The standard InChI is InChI=1S/C29H39N3O4/c1-24-6-9-26(10-7-24)36-22-29(34-3)12-4-15-31(17-13-29)21-25-8-11-27(28(20-25)33-2)35-19-5-16-32-18-14-30-23-32/h6-11,14,18,20,23H,4-5,12-13,15-17,19,21-22H2,1-3H3/t29-/m0/s1. The third kappa shape index (κ3) is 7.24. The van der Waals surface area contributed by atoms with Crippen molar-refractivity contribution in [3.63, 3.8) is 0 Å². The molecule has 0 bridgehead atoms. The van der Waals surface area contributed by atoms with Crippen LogP contribution in [0.2, 0.25) is 0 Å². The minimum atomic E-state index is -0.258. The molecule has 2 heterocycles. The molecule has 7 heteroatoms. The van der Waals surface area contributed by atoms with Crippen molar-refractivity contribution in [1.82, 2.24) is 14.5 Å². The Morgan fingerprint density at radius 1 is 0.972 bits per heavy atom. The highest BCUT2D eigenvalue weighted by Crippen LogP contribution is 2.31. The average Bonchev–Trinajstić information content (AvgIpc) is 3.34. The predicted octanol–water partition coefficient (Wildman–Crippen LogP) is 5.12. The van der Waals surface area contributed by atoms with Gasteiger partial charge in [0, 0.05) is 39.1 Å². The van der Waals surface area contributed by atoms with Gasteiger partial charge in [0.2, 0.25) is 0 Å². The van der Waals surface area contributed by atoms with E-state index in [-0.39, 0.29) is 5.60 Å². The first-order valence-corrected chi connectivity index (χ1v) is 12.8. The van der Waals surface area contributed by atoms with Gasteiger partial charge in [-0.15, -0.1) is 0 Å². The zero-order valence-corrected chi connectivity index (χ0v) is 21.8. The second-order valence-electron chi connectivity index (χ2n) is 9.61. The summed E-state index contributed by atoms with van der Waals surface area (Å²) >= 11 is 0. The monoisotopic (exact) mass is 493 g/mol. The summed E-state index contributed by atoms with van der Waals surface area (Å²) in [5.74, 6) is 2.46. The normalized spacial score (nSPS) is 18.5. The number of aryl methyl sites for hydroxylation is 2. The van der Waals surface area contributed by atoms with Crippen molar-refractivity contribution in [2.45, 2.75) is 51.3 Å². The fourth-order valence-electron chi connectivity index (χ4n) is 4.67. The number of nitrogens with zero attached hydrogens (tertiary/aromatic N) is 3. The summed E-state index contributed by atoms with van der Waals surface area (Å²) in [4.78, 5) is 6.57. The molecule has 7 nitrogen and oxygen atoms in total. The van der Waals surface area contributed by atoms with Crippen LogP contribution in [0.4, 0.5) is 0 Å². The number of rotatable bonds is 12. The van der Waals surface area contributed by atoms with Crippen LogP contribution < -0.4 is 14.2 Å². The van der Waals surface area contributed by atoms with E-state index in [0.29, 0.717) is 13.2 Å². The first-order chi connectivity index (χ1) is 17.6. The number of aromatic nitrogens is 2. The van der Waals surface area contributed by atoms with Crippen LogP contribution in [0, 0.1) is 6.92 Å². The Bertz CT molecular complexity index is 1050. The number of hydrogen-bond donors (Lipinski definition) is 0. The molecular formula is C29H39N3O4. The molecule has 0 saturated carbocycles. The molecule has 3 aromatic rings. The van der Waals surface area contributed by atoms with E-state index in [2.05, 4.69) is 45.6 Å². The van der Waals surface area contributed by atoms with Gasteiger partial charge in [0.05, 0.1) is 20.0 Å². The summed E-state index contributed by atoms with van der Waals surface area (Å²) in [6, 6.07) is 14.5. The first-order valence-electron chi connectivity index (χ1n) is 12.8. The van der Waals surface area contributed by atoms with Gasteiger partial charge in [-0.25, -0.2) is 4.98 Å². The van der Waals surface area contributed by atoms with E-state index in [9.17, 15) is 0 Å². The molecule has 0 radical (unpaired) electrons. The highest BCUT2D eigenvalue weighted by atomic mass is 16.5. The highest BCUT2D eigenvalue weighted by Gasteiger charge is 2.33. The van der Waals surface area contributed by atoms with Crippen molar-refractivity contribution in [3.05, 3.63) is 72.3 Å². The molecule has 1 aliphatic rings. The molecule has 2 aromatic carbocycles. The van der Waals surface area contributed by atoms with Gasteiger partial charge in [-0.3, -0.25) is 4.90 Å². The zero-order chi connectivity index (χ0) is 25.2. The smallest absolute Gasteiger partial charge is 0.161 e. The van der Waals surface area contributed by atoms with Crippen LogP contribution in [0.3, 0.4) is 0 Å². The molecule has 0 amide bonds. The minimum absolute atomic E-state index is 0.258. The molecule has 0 spiro atoms. The van der Waals surface area contributed by atoms with E-state index in [0.717, 1.165) is 69.1 Å². The van der Waals surface area contributed by atoms with Crippen molar-refractivity contribution in [2.24, 2.45) is 0 Å². The van der Waals surface area contributed by atoms with Crippen LogP contribution in [-0.2, 0) is 17.8 Å². The van der Waals surface area contributed by atoms with E-state index >= 15 is 0 Å². The summed E-state index contributed by atoms with van der Waals surface area (Å²) in [7, 11) is 3.51. The Morgan fingerprint density at radius 3 is 2.58 bits per heavy atom. The molecule has 0 aliphatic carbocycles. The molecular weight excluding hydrogens is 454 g/mol. The van der Waals surface area contributed by atoms with Gasteiger partial charge in [-0.1, -0.05) is 23.8 Å². The predicted molar refractivity (Wildman–Crippen MR) is 141 cm³/mol. The average molecular weight is 494 g/mol. The lowest BCUT2D eigenvalue weighted by atomic mass is 9.95. The second kappa shape index (κ2) is 12.8. The van der Waals surface area contributed by atoms with Crippen LogP contribution in [-0.4, -0.2) is 60.6 Å². The Labute approximate surface area is 215 Å². The Balaban J connectivity index is 1.28. The van der Waals surface area contributed by atoms with E-state index in [1.54, 1.807) is 13.3 Å². The maximum absolute atomic E-state index is 6.13. The molecule has 1 fully saturated rings. The van der Waals surface area contributed by atoms with Gasteiger partial charge in [-0.2, -0.15) is 0 Å². The summed E-state index contributed by atoms with van der Waals surface area (Å²) in [6.07, 6.45) is 9.48.